The predicted molar refractivity (Wildman–Crippen MR) is 82.5 cm³/mol. The number of nitrogens with two attached hydrogens (primary N) is 1. The number of carbonyl (C=O) groups is 2. The molecule has 0 aromatic heterocycles. The summed E-state index contributed by atoms with van der Waals surface area (Å²) in [5.41, 5.74) is 5.98. The first-order valence-electron chi connectivity index (χ1n) is 8.44. The van der Waals surface area contributed by atoms with Crippen molar-refractivity contribution in [2.75, 3.05) is 19.6 Å². The lowest BCUT2D eigenvalue weighted by atomic mass is 9.84. The molecule has 1 saturated carbocycles. The van der Waals surface area contributed by atoms with Gasteiger partial charge in [0.05, 0.1) is 0 Å². The predicted octanol–water partition coefficient (Wildman–Crippen LogP) is 1.27. The van der Waals surface area contributed by atoms with Gasteiger partial charge in [0.15, 0.2) is 0 Å². The topological polar surface area (TPSA) is 75.4 Å². The minimum absolute atomic E-state index is 0.0780. The summed E-state index contributed by atoms with van der Waals surface area (Å²) in [6, 6.07) is 0.185. The molecule has 120 valence electrons. The van der Waals surface area contributed by atoms with E-state index in [1.165, 1.54) is 0 Å². The molecule has 2 amide bonds. The molecule has 2 unspecified atom stereocenters. The molecule has 2 aliphatic rings. The Hall–Kier alpha value is -1.10. The molecule has 2 rings (SSSR count). The van der Waals surface area contributed by atoms with Crippen molar-refractivity contribution in [2.45, 2.75) is 57.9 Å². The van der Waals surface area contributed by atoms with Gasteiger partial charge in [-0.25, -0.2) is 0 Å². The Balaban J connectivity index is 1.77. The minimum Gasteiger partial charge on any atom is -0.356 e. The zero-order chi connectivity index (χ0) is 15.2. The molecule has 1 saturated heterocycles. The van der Waals surface area contributed by atoms with Gasteiger partial charge in [-0.3, -0.25) is 9.59 Å². The summed E-state index contributed by atoms with van der Waals surface area (Å²) in [5.74, 6) is 0.606. The van der Waals surface area contributed by atoms with Gasteiger partial charge in [0.1, 0.15) is 0 Å². The highest BCUT2D eigenvalue weighted by Gasteiger charge is 2.32. The van der Waals surface area contributed by atoms with Crippen LogP contribution >= 0.6 is 0 Å². The van der Waals surface area contributed by atoms with E-state index in [0.29, 0.717) is 0 Å². The van der Waals surface area contributed by atoms with Gasteiger partial charge < -0.3 is 16.0 Å². The number of carbonyl (C=O) groups excluding carboxylic acids is 2. The van der Waals surface area contributed by atoms with Crippen LogP contribution in [-0.4, -0.2) is 42.4 Å². The lowest BCUT2D eigenvalue weighted by molar-refractivity contribution is -0.140. The van der Waals surface area contributed by atoms with Gasteiger partial charge in [-0.2, -0.15) is 0 Å². The molecule has 0 spiro atoms. The van der Waals surface area contributed by atoms with Crippen LogP contribution < -0.4 is 11.1 Å². The third kappa shape index (κ3) is 4.43. The molecule has 3 N–H and O–H groups in total. The van der Waals surface area contributed by atoms with Gasteiger partial charge >= 0.3 is 0 Å². The molecule has 2 fully saturated rings. The first kappa shape index (κ1) is 16.3. The number of nitrogens with one attached hydrogen (secondary N) is 1. The van der Waals surface area contributed by atoms with Crippen LogP contribution in [0, 0.1) is 11.8 Å². The summed E-state index contributed by atoms with van der Waals surface area (Å²) in [5, 5.41) is 2.96. The van der Waals surface area contributed by atoms with Gasteiger partial charge in [-0.15, -0.1) is 0 Å². The van der Waals surface area contributed by atoms with E-state index in [1.807, 2.05) is 4.90 Å². The number of hydrogen-bond donors (Lipinski definition) is 2. The number of hydrogen-bond acceptors (Lipinski definition) is 3. The Morgan fingerprint density at radius 2 is 1.86 bits per heavy atom. The van der Waals surface area contributed by atoms with E-state index >= 15 is 0 Å². The largest absolute Gasteiger partial charge is 0.356 e. The molecule has 0 radical (unpaired) electrons. The maximum atomic E-state index is 12.5. The summed E-state index contributed by atoms with van der Waals surface area (Å²) < 4.78 is 0. The third-order valence-electron chi connectivity index (χ3n) is 4.79. The highest BCUT2D eigenvalue weighted by molar-refractivity contribution is 5.81. The molecule has 5 heteroatoms. The van der Waals surface area contributed by atoms with Crippen LogP contribution in [0.5, 0.6) is 0 Å². The van der Waals surface area contributed by atoms with Crippen LogP contribution in [0.15, 0.2) is 0 Å². The quantitative estimate of drug-likeness (QED) is 0.820. The summed E-state index contributed by atoms with van der Waals surface area (Å²) in [4.78, 5) is 26.4. The number of rotatable bonds is 4. The third-order valence-corrected chi connectivity index (χ3v) is 4.79. The highest BCUT2D eigenvalue weighted by Crippen LogP contribution is 2.27. The minimum atomic E-state index is 0.0780. The van der Waals surface area contributed by atoms with Crippen molar-refractivity contribution in [1.29, 1.82) is 0 Å². The number of piperidine rings is 1. The van der Waals surface area contributed by atoms with Gasteiger partial charge in [-0.1, -0.05) is 13.3 Å². The molecule has 0 bridgehead atoms. The number of nitrogens with zero attached hydrogens (tertiary/aromatic N) is 1. The van der Waals surface area contributed by atoms with Crippen molar-refractivity contribution in [3.63, 3.8) is 0 Å². The molecule has 1 aliphatic heterocycles. The summed E-state index contributed by atoms with van der Waals surface area (Å²) in [7, 11) is 0. The highest BCUT2D eigenvalue weighted by atomic mass is 16.2. The van der Waals surface area contributed by atoms with Gasteiger partial charge in [0, 0.05) is 37.5 Å². The molecule has 0 aromatic carbocycles. The van der Waals surface area contributed by atoms with Crippen LogP contribution in [0.1, 0.15) is 51.9 Å². The van der Waals surface area contributed by atoms with Crippen LogP contribution in [0.3, 0.4) is 0 Å². The smallest absolute Gasteiger partial charge is 0.225 e. The standard InChI is InChI=1S/C16H29N3O2/c1-2-8-18-15(20)12-6-9-19(10-7-12)16(21)13-4-3-5-14(17)11-13/h12-14H,2-11,17H2,1H3,(H,18,20). The van der Waals surface area contributed by atoms with Crippen molar-refractivity contribution >= 4 is 11.8 Å². The van der Waals surface area contributed by atoms with Crippen LogP contribution in [0.25, 0.3) is 0 Å². The molecule has 21 heavy (non-hydrogen) atoms. The fourth-order valence-electron chi connectivity index (χ4n) is 3.46. The molecule has 0 aromatic rings. The van der Waals surface area contributed by atoms with Crippen LogP contribution in [0.2, 0.25) is 0 Å². The Kier molecular flexibility index (Phi) is 6.03. The lowest BCUT2D eigenvalue weighted by Crippen LogP contribution is -2.46. The van der Waals surface area contributed by atoms with Crippen molar-refractivity contribution < 1.29 is 9.59 Å². The average Bonchev–Trinajstić information content (AvgIpc) is 2.52. The van der Waals surface area contributed by atoms with E-state index in [1.54, 1.807) is 0 Å². The Morgan fingerprint density at radius 3 is 2.48 bits per heavy atom. The summed E-state index contributed by atoms with van der Waals surface area (Å²) in [6.07, 6.45) is 6.46. The van der Waals surface area contributed by atoms with E-state index in [-0.39, 0.29) is 29.7 Å². The van der Waals surface area contributed by atoms with Crippen molar-refractivity contribution in [3.8, 4) is 0 Å². The zero-order valence-electron chi connectivity index (χ0n) is 13.1. The van der Waals surface area contributed by atoms with Crippen molar-refractivity contribution in [3.05, 3.63) is 0 Å². The van der Waals surface area contributed by atoms with E-state index < -0.39 is 0 Å². The van der Waals surface area contributed by atoms with E-state index in [9.17, 15) is 9.59 Å². The van der Waals surface area contributed by atoms with Crippen LogP contribution in [-0.2, 0) is 9.59 Å². The molecule has 1 aliphatic carbocycles. The zero-order valence-corrected chi connectivity index (χ0v) is 13.1. The normalized spacial score (nSPS) is 27.4. The second kappa shape index (κ2) is 7.78. The fraction of sp³-hybridized carbons (Fsp3) is 0.875. The molecule has 1 heterocycles. The second-order valence-electron chi connectivity index (χ2n) is 6.51. The lowest BCUT2D eigenvalue weighted by Gasteiger charge is -2.35. The Bertz CT molecular complexity index is 365. The number of likely N-dealkylation sites (tertiary alicyclic amines) is 1. The van der Waals surface area contributed by atoms with Crippen molar-refractivity contribution in [1.82, 2.24) is 10.2 Å². The van der Waals surface area contributed by atoms with Gasteiger partial charge in [-0.05, 0) is 38.5 Å². The van der Waals surface area contributed by atoms with E-state index in [2.05, 4.69) is 12.2 Å². The maximum Gasteiger partial charge on any atom is 0.225 e. The van der Waals surface area contributed by atoms with E-state index in [0.717, 1.165) is 64.6 Å². The second-order valence-corrected chi connectivity index (χ2v) is 6.51. The van der Waals surface area contributed by atoms with Crippen molar-refractivity contribution in [2.24, 2.45) is 17.6 Å². The van der Waals surface area contributed by atoms with Gasteiger partial charge in [0.2, 0.25) is 11.8 Å². The molecule has 2 atom stereocenters. The van der Waals surface area contributed by atoms with Gasteiger partial charge in [0.25, 0.3) is 0 Å². The maximum absolute atomic E-state index is 12.5. The van der Waals surface area contributed by atoms with E-state index in [4.69, 9.17) is 5.73 Å². The number of amides is 2. The van der Waals surface area contributed by atoms with Crippen LogP contribution in [0.4, 0.5) is 0 Å². The SMILES string of the molecule is CCCNC(=O)C1CCN(C(=O)C2CCCC(N)C2)CC1. The monoisotopic (exact) mass is 295 g/mol. The molecular weight excluding hydrogens is 266 g/mol. The Morgan fingerprint density at radius 1 is 1.14 bits per heavy atom. The average molecular weight is 295 g/mol. The molecule has 5 nitrogen and oxygen atoms in total. The first-order chi connectivity index (χ1) is 10.1. The summed E-state index contributed by atoms with van der Waals surface area (Å²) in [6.45, 7) is 4.23. The summed E-state index contributed by atoms with van der Waals surface area (Å²) >= 11 is 0. The Labute approximate surface area is 127 Å². The first-order valence-corrected chi connectivity index (χ1v) is 8.44. The molecular formula is C16H29N3O2. The fourth-order valence-corrected chi connectivity index (χ4v) is 3.46.